The van der Waals surface area contributed by atoms with Gasteiger partial charge >= 0.3 is 0 Å². The second kappa shape index (κ2) is 5.23. The highest BCUT2D eigenvalue weighted by molar-refractivity contribution is 5.46. The lowest BCUT2D eigenvalue weighted by Crippen LogP contribution is -2.44. The molecule has 1 atom stereocenters. The molecule has 1 unspecified atom stereocenters. The van der Waals surface area contributed by atoms with Gasteiger partial charge in [0.15, 0.2) is 11.5 Å². The lowest BCUT2D eigenvalue weighted by atomic mass is 9.96. The summed E-state index contributed by atoms with van der Waals surface area (Å²) >= 11 is 0. The molecule has 0 radical (unpaired) electrons. The van der Waals surface area contributed by atoms with Gasteiger partial charge in [-0.2, -0.15) is 4.52 Å². The van der Waals surface area contributed by atoms with Crippen molar-refractivity contribution in [2.75, 3.05) is 31.2 Å². The summed E-state index contributed by atoms with van der Waals surface area (Å²) < 4.78 is 7.28. The predicted molar refractivity (Wildman–Crippen MR) is 78.5 cm³/mol. The van der Waals surface area contributed by atoms with Crippen LogP contribution < -0.4 is 4.90 Å². The smallest absolute Gasteiger partial charge is 0.178 e. The zero-order valence-electron chi connectivity index (χ0n) is 12.7. The number of anilines is 1. The number of rotatable bonds is 2. The number of aliphatic hydroxyl groups excluding tert-OH is 1. The number of aromatic nitrogens is 4. The Balaban J connectivity index is 1.96. The molecule has 1 N–H and O–H groups in total. The predicted octanol–water partition coefficient (Wildman–Crippen LogP) is 0.619. The monoisotopic (exact) mass is 291 g/mol. The Bertz CT molecular complexity index is 634. The second-order valence-electron chi connectivity index (χ2n) is 6.36. The maximum atomic E-state index is 9.25. The van der Waals surface area contributed by atoms with Crippen molar-refractivity contribution >= 4 is 11.5 Å². The van der Waals surface area contributed by atoms with E-state index < -0.39 is 0 Å². The Kier molecular flexibility index (Phi) is 3.54. The largest absolute Gasteiger partial charge is 0.394 e. The van der Waals surface area contributed by atoms with Crippen LogP contribution in [-0.4, -0.2) is 57.3 Å². The summed E-state index contributed by atoms with van der Waals surface area (Å²) in [6, 6.07) is 3.87. The Morgan fingerprint density at radius 1 is 1.33 bits per heavy atom. The number of morpholine rings is 1. The average Bonchev–Trinajstić information content (AvgIpc) is 2.90. The van der Waals surface area contributed by atoms with Crippen LogP contribution in [0.5, 0.6) is 0 Å². The zero-order valence-corrected chi connectivity index (χ0v) is 12.7. The number of aliphatic hydroxyl groups is 1. The van der Waals surface area contributed by atoms with Crippen molar-refractivity contribution in [1.29, 1.82) is 0 Å². The molecule has 3 rings (SSSR count). The molecule has 1 aliphatic heterocycles. The molecular formula is C14H21N5O2. The molecule has 0 aliphatic carbocycles. The van der Waals surface area contributed by atoms with Gasteiger partial charge in [-0.25, -0.2) is 0 Å². The Labute approximate surface area is 123 Å². The molecule has 1 aliphatic rings. The summed E-state index contributed by atoms with van der Waals surface area (Å²) in [5.41, 5.74) is 0.625. The van der Waals surface area contributed by atoms with Crippen molar-refractivity contribution in [3.63, 3.8) is 0 Å². The first-order chi connectivity index (χ1) is 9.99. The van der Waals surface area contributed by atoms with Crippen LogP contribution in [0.3, 0.4) is 0 Å². The topological polar surface area (TPSA) is 75.8 Å². The van der Waals surface area contributed by atoms with Crippen LogP contribution in [0.2, 0.25) is 0 Å². The van der Waals surface area contributed by atoms with Crippen molar-refractivity contribution in [2.45, 2.75) is 32.3 Å². The Hall–Kier alpha value is -1.73. The molecule has 0 saturated carbocycles. The van der Waals surface area contributed by atoms with E-state index in [1.807, 2.05) is 12.1 Å². The highest BCUT2D eigenvalue weighted by Gasteiger charge is 2.24. The van der Waals surface area contributed by atoms with Crippen LogP contribution in [0, 0.1) is 0 Å². The molecule has 114 valence electrons. The standard InChI is InChI=1S/C14H21N5O2/c1-14(2,3)13-16-15-11-4-5-12(17-19(11)13)18-6-7-21-10(8-18)9-20/h4-5,10,20H,6-9H2,1-3H3. The summed E-state index contributed by atoms with van der Waals surface area (Å²) in [7, 11) is 0. The van der Waals surface area contributed by atoms with E-state index in [9.17, 15) is 5.11 Å². The molecule has 0 spiro atoms. The second-order valence-corrected chi connectivity index (χ2v) is 6.36. The minimum Gasteiger partial charge on any atom is -0.394 e. The van der Waals surface area contributed by atoms with Gasteiger partial charge in [0.1, 0.15) is 5.82 Å². The van der Waals surface area contributed by atoms with Gasteiger partial charge < -0.3 is 14.7 Å². The van der Waals surface area contributed by atoms with Gasteiger partial charge in [0.05, 0.1) is 19.3 Å². The highest BCUT2D eigenvalue weighted by Crippen LogP contribution is 2.22. The van der Waals surface area contributed by atoms with Gasteiger partial charge in [-0.05, 0) is 12.1 Å². The minimum absolute atomic E-state index is 0.0264. The van der Waals surface area contributed by atoms with E-state index in [-0.39, 0.29) is 18.1 Å². The zero-order chi connectivity index (χ0) is 15.0. The Morgan fingerprint density at radius 3 is 2.86 bits per heavy atom. The van der Waals surface area contributed by atoms with E-state index in [0.717, 1.165) is 23.8 Å². The molecule has 7 nitrogen and oxygen atoms in total. The van der Waals surface area contributed by atoms with Crippen LogP contribution >= 0.6 is 0 Å². The number of fused-ring (bicyclic) bond motifs is 1. The summed E-state index contributed by atoms with van der Waals surface area (Å²) in [6.45, 7) is 8.30. The van der Waals surface area contributed by atoms with Gasteiger partial charge in [0, 0.05) is 18.5 Å². The van der Waals surface area contributed by atoms with E-state index in [0.29, 0.717) is 13.2 Å². The van der Waals surface area contributed by atoms with Crippen molar-refractivity contribution in [1.82, 2.24) is 19.8 Å². The van der Waals surface area contributed by atoms with Crippen molar-refractivity contribution < 1.29 is 9.84 Å². The van der Waals surface area contributed by atoms with Gasteiger partial charge in [0.25, 0.3) is 0 Å². The van der Waals surface area contributed by atoms with E-state index in [1.54, 1.807) is 4.52 Å². The maximum absolute atomic E-state index is 9.25. The fourth-order valence-electron chi connectivity index (χ4n) is 2.45. The number of nitrogens with zero attached hydrogens (tertiary/aromatic N) is 5. The van der Waals surface area contributed by atoms with Crippen LogP contribution in [0.15, 0.2) is 12.1 Å². The highest BCUT2D eigenvalue weighted by atomic mass is 16.5. The fraction of sp³-hybridized carbons (Fsp3) is 0.643. The normalized spacial score (nSPS) is 20.2. The third-order valence-electron chi connectivity index (χ3n) is 3.59. The van der Waals surface area contributed by atoms with E-state index >= 15 is 0 Å². The third kappa shape index (κ3) is 2.71. The molecule has 0 bridgehead atoms. The maximum Gasteiger partial charge on any atom is 0.178 e. The van der Waals surface area contributed by atoms with Crippen LogP contribution in [-0.2, 0) is 10.2 Å². The average molecular weight is 291 g/mol. The molecule has 2 aromatic heterocycles. The molecule has 2 aromatic rings. The molecule has 0 aromatic carbocycles. The number of ether oxygens (including phenoxy) is 1. The van der Waals surface area contributed by atoms with Gasteiger partial charge in [-0.1, -0.05) is 20.8 Å². The first-order valence-electron chi connectivity index (χ1n) is 7.19. The van der Waals surface area contributed by atoms with Crippen LogP contribution in [0.25, 0.3) is 5.65 Å². The molecule has 3 heterocycles. The summed E-state index contributed by atoms with van der Waals surface area (Å²) in [6.07, 6.45) is -0.153. The van der Waals surface area contributed by atoms with E-state index in [4.69, 9.17) is 4.74 Å². The molecule has 1 fully saturated rings. The fourth-order valence-corrected chi connectivity index (χ4v) is 2.45. The van der Waals surface area contributed by atoms with Gasteiger partial charge in [-0.3, -0.25) is 0 Å². The molecule has 0 amide bonds. The van der Waals surface area contributed by atoms with E-state index in [2.05, 4.69) is 41.0 Å². The number of hydrogen-bond donors (Lipinski definition) is 1. The van der Waals surface area contributed by atoms with Crippen molar-refractivity contribution in [3.05, 3.63) is 18.0 Å². The van der Waals surface area contributed by atoms with Gasteiger partial charge in [-0.15, -0.1) is 15.3 Å². The lowest BCUT2D eigenvalue weighted by Gasteiger charge is -2.32. The first-order valence-corrected chi connectivity index (χ1v) is 7.19. The molecule has 7 heteroatoms. The van der Waals surface area contributed by atoms with Gasteiger partial charge in [0.2, 0.25) is 0 Å². The number of hydrogen-bond acceptors (Lipinski definition) is 6. The summed E-state index contributed by atoms with van der Waals surface area (Å²) in [5, 5.41) is 22.3. The lowest BCUT2D eigenvalue weighted by molar-refractivity contribution is 0.00331. The first kappa shape index (κ1) is 14.2. The third-order valence-corrected chi connectivity index (χ3v) is 3.59. The quantitative estimate of drug-likeness (QED) is 0.874. The Morgan fingerprint density at radius 2 is 2.14 bits per heavy atom. The summed E-state index contributed by atoms with van der Waals surface area (Å²) in [5.74, 6) is 1.70. The SMILES string of the molecule is CC(C)(C)c1nnc2ccc(N3CCOC(CO)C3)nn12. The van der Waals surface area contributed by atoms with Crippen molar-refractivity contribution in [2.24, 2.45) is 0 Å². The van der Waals surface area contributed by atoms with Crippen LogP contribution in [0.4, 0.5) is 5.82 Å². The van der Waals surface area contributed by atoms with E-state index in [1.165, 1.54) is 0 Å². The van der Waals surface area contributed by atoms with Crippen molar-refractivity contribution in [3.8, 4) is 0 Å². The summed E-state index contributed by atoms with van der Waals surface area (Å²) in [4.78, 5) is 2.12. The minimum atomic E-state index is -0.153. The molecular weight excluding hydrogens is 270 g/mol. The molecule has 1 saturated heterocycles. The molecule has 21 heavy (non-hydrogen) atoms. The van der Waals surface area contributed by atoms with Crippen LogP contribution in [0.1, 0.15) is 26.6 Å².